The lowest BCUT2D eigenvalue weighted by molar-refractivity contribution is 0.0789. The fourth-order valence-electron chi connectivity index (χ4n) is 4.28. The van der Waals surface area contributed by atoms with Crippen molar-refractivity contribution < 1.29 is 9.53 Å². The number of nitrogens with zero attached hydrogens (tertiary/aromatic N) is 4. The number of ether oxygens (including phenoxy) is 1. The maximum atomic E-state index is 12.6. The zero-order valence-electron chi connectivity index (χ0n) is 17.8. The Labute approximate surface area is 186 Å². The fourth-order valence-corrected chi connectivity index (χ4v) is 4.28. The second kappa shape index (κ2) is 9.18. The quantitative estimate of drug-likeness (QED) is 0.503. The Morgan fingerprint density at radius 3 is 2.94 bits per heavy atom. The van der Waals surface area contributed by atoms with Crippen LogP contribution in [0.3, 0.4) is 0 Å². The molecule has 7 heteroatoms. The van der Waals surface area contributed by atoms with Crippen LogP contribution in [0.15, 0.2) is 67.1 Å². The third-order valence-corrected chi connectivity index (χ3v) is 5.89. The van der Waals surface area contributed by atoms with Crippen LogP contribution in [-0.4, -0.2) is 44.0 Å². The Balaban J connectivity index is 1.26. The van der Waals surface area contributed by atoms with E-state index >= 15 is 0 Å². The minimum Gasteiger partial charge on any atom is -0.445 e. The standard InChI is InChI=1S/C25H25N5O2/c31-25(32-17-18-6-2-1-3-7-18)30-13-5-8-19(16-30)14-22-20(9-4-11-26-22)23-15-28-24-21(29-23)10-12-27-24/h1-4,6-7,9-12,15,19H,5,8,13-14,16-17H2,(H,27,28)/t19-/m1/s1. The highest BCUT2D eigenvalue weighted by molar-refractivity contribution is 5.74. The van der Waals surface area contributed by atoms with Crippen LogP contribution in [0.5, 0.6) is 0 Å². The average molecular weight is 428 g/mol. The molecule has 162 valence electrons. The molecule has 0 spiro atoms. The van der Waals surface area contributed by atoms with Crippen LogP contribution in [0.25, 0.3) is 22.4 Å². The first-order valence-corrected chi connectivity index (χ1v) is 11.0. The van der Waals surface area contributed by atoms with Crippen LogP contribution in [-0.2, 0) is 17.8 Å². The summed E-state index contributed by atoms with van der Waals surface area (Å²) in [4.78, 5) is 31.4. The number of aromatic amines is 1. The van der Waals surface area contributed by atoms with Crippen molar-refractivity contribution in [3.8, 4) is 11.3 Å². The summed E-state index contributed by atoms with van der Waals surface area (Å²) in [6, 6.07) is 15.7. The summed E-state index contributed by atoms with van der Waals surface area (Å²) in [5.41, 5.74) is 5.40. The van der Waals surface area contributed by atoms with Gasteiger partial charge in [0.05, 0.1) is 17.6 Å². The van der Waals surface area contributed by atoms with E-state index in [1.165, 1.54) is 0 Å². The summed E-state index contributed by atoms with van der Waals surface area (Å²) in [6.45, 7) is 1.70. The second-order valence-corrected chi connectivity index (χ2v) is 8.16. The molecule has 1 aromatic carbocycles. The first-order valence-electron chi connectivity index (χ1n) is 11.0. The highest BCUT2D eigenvalue weighted by Gasteiger charge is 2.26. The molecule has 0 aliphatic carbocycles. The van der Waals surface area contributed by atoms with Crippen LogP contribution < -0.4 is 0 Å². The summed E-state index contributed by atoms with van der Waals surface area (Å²) >= 11 is 0. The number of amides is 1. The number of aromatic nitrogens is 4. The van der Waals surface area contributed by atoms with E-state index in [0.29, 0.717) is 19.1 Å². The Kier molecular flexibility index (Phi) is 5.79. The molecule has 0 bridgehead atoms. The molecule has 1 amide bonds. The third kappa shape index (κ3) is 4.46. The molecule has 1 atom stereocenters. The minimum absolute atomic E-state index is 0.247. The van der Waals surface area contributed by atoms with Crippen LogP contribution in [0.4, 0.5) is 4.79 Å². The van der Waals surface area contributed by atoms with E-state index in [-0.39, 0.29) is 6.09 Å². The van der Waals surface area contributed by atoms with Crippen LogP contribution in [0.2, 0.25) is 0 Å². The number of carbonyl (C=O) groups is 1. The van der Waals surface area contributed by atoms with Crippen molar-refractivity contribution in [2.75, 3.05) is 13.1 Å². The Morgan fingerprint density at radius 1 is 1.12 bits per heavy atom. The molecule has 1 aliphatic rings. The molecule has 3 aromatic heterocycles. The number of nitrogens with one attached hydrogen (secondary N) is 1. The maximum absolute atomic E-state index is 12.6. The van der Waals surface area contributed by atoms with Gasteiger partial charge in [0, 0.05) is 31.0 Å². The number of carbonyl (C=O) groups excluding carboxylic acids is 1. The van der Waals surface area contributed by atoms with Gasteiger partial charge in [-0.15, -0.1) is 0 Å². The summed E-state index contributed by atoms with van der Waals surface area (Å²) in [5.74, 6) is 0.325. The Bertz CT molecular complexity index is 1210. The normalized spacial score (nSPS) is 16.2. The predicted octanol–water partition coefficient (Wildman–Crippen LogP) is 4.61. The summed E-state index contributed by atoms with van der Waals surface area (Å²) < 4.78 is 5.54. The van der Waals surface area contributed by atoms with Gasteiger partial charge in [-0.25, -0.2) is 14.8 Å². The van der Waals surface area contributed by atoms with Gasteiger partial charge in [-0.05, 0) is 48.9 Å². The van der Waals surface area contributed by atoms with Crippen molar-refractivity contribution in [3.05, 3.63) is 78.4 Å². The van der Waals surface area contributed by atoms with Gasteiger partial charge in [0.2, 0.25) is 0 Å². The van der Waals surface area contributed by atoms with Gasteiger partial charge in [0.25, 0.3) is 0 Å². The van der Waals surface area contributed by atoms with Crippen LogP contribution in [0.1, 0.15) is 24.1 Å². The third-order valence-electron chi connectivity index (χ3n) is 5.89. The van der Waals surface area contributed by atoms with Gasteiger partial charge < -0.3 is 14.6 Å². The minimum atomic E-state index is -0.247. The number of likely N-dealkylation sites (tertiary alicyclic amines) is 1. The number of benzene rings is 1. The van der Waals surface area contributed by atoms with E-state index < -0.39 is 0 Å². The molecule has 0 radical (unpaired) electrons. The van der Waals surface area contributed by atoms with Crippen molar-refractivity contribution >= 4 is 17.3 Å². The van der Waals surface area contributed by atoms with Crippen molar-refractivity contribution in [1.29, 1.82) is 0 Å². The summed E-state index contributed by atoms with van der Waals surface area (Å²) in [7, 11) is 0. The Morgan fingerprint density at radius 2 is 2.03 bits per heavy atom. The lowest BCUT2D eigenvalue weighted by Gasteiger charge is -2.32. The molecule has 5 rings (SSSR count). The van der Waals surface area contributed by atoms with Gasteiger partial charge in [-0.3, -0.25) is 4.98 Å². The predicted molar refractivity (Wildman–Crippen MR) is 122 cm³/mol. The molecular weight excluding hydrogens is 402 g/mol. The summed E-state index contributed by atoms with van der Waals surface area (Å²) in [6.07, 6.45) is 7.99. The van der Waals surface area contributed by atoms with Gasteiger partial charge in [0.1, 0.15) is 12.1 Å². The molecule has 4 aromatic rings. The second-order valence-electron chi connectivity index (χ2n) is 8.16. The molecule has 0 unspecified atom stereocenters. The zero-order valence-corrected chi connectivity index (χ0v) is 17.8. The van der Waals surface area contributed by atoms with Crippen molar-refractivity contribution in [3.63, 3.8) is 0 Å². The smallest absolute Gasteiger partial charge is 0.410 e. The van der Waals surface area contributed by atoms with Crippen molar-refractivity contribution in [2.24, 2.45) is 5.92 Å². The molecule has 4 heterocycles. The molecule has 32 heavy (non-hydrogen) atoms. The number of hydrogen-bond donors (Lipinski definition) is 1. The monoisotopic (exact) mass is 427 g/mol. The largest absolute Gasteiger partial charge is 0.445 e. The number of hydrogen-bond acceptors (Lipinski definition) is 5. The van der Waals surface area contributed by atoms with E-state index in [1.807, 2.05) is 65.8 Å². The molecule has 7 nitrogen and oxygen atoms in total. The molecule has 1 saturated heterocycles. The molecule has 0 saturated carbocycles. The van der Waals surface area contributed by atoms with Gasteiger partial charge in [-0.1, -0.05) is 30.3 Å². The maximum Gasteiger partial charge on any atom is 0.410 e. The van der Waals surface area contributed by atoms with Crippen molar-refractivity contribution in [1.82, 2.24) is 24.8 Å². The average Bonchev–Trinajstić information content (AvgIpc) is 3.32. The SMILES string of the molecule is O=C(OCc1ccccc1)N1CCC[C@H](Cc2ncccc2-c2cnc3[nH]ccc3n2)C1. The Hall–Kier alpha value is -3.74. The lowest BCUT2D eigenvalue weighted by Crippen LogP contribution is -2.40. The zero-order chi connectivity index (χ0) is 21.8. The number of piperidine rings is 1. The van der Waals surface area contributed by atoms with Gasteiger partial charge in [0.15, 0.2) is 5.65 Å². The molecular formula is C25H25N5O2. The molecule has 1 N–H and O–H groups in total. The number of pyridine rings is 1. The highest BCUT2D eigenvalue weighted by atomic mass is 16.6. The first kappa shape index (κ1) is 20.2. The van der Waals surface area contributed by atoms with Crippen LogP contribution in [0, 0.1) is 5.92 Å². The van der Waals surface area contributed by atoms with E-state index in [4.69, 9.17) is 9.72 Å². The van der Waals surface area contributed by atoms with E-state index in [9.17, 15) is 4.79 Å². The van der Waals surface area contributed by atoms with E-state index in [0.717, 1.165) is 59.5 Å². The highest BCUT2D eigenvalue weighted by Crippen LogP contribution is 2.27. The van der Waals surface area contributed by atoms with Gasteiger partial charge in [-0.2, -0.15) is 0 Å². The van der Waals surface area contributed by atoms with Gasteiger partial charge >= 0.3 is 6.09 Å². The van der Waals surface area contributed by atoms with E-state index in [1.54, 1.807) is 6.20 Å². The topological polar surface area (TPSA) is 84.0 Å². The van der Waals surface area contributed by atoms with Crippen LogP contribution >= 0.6 is 0 Å². The number of rotatable bonds is 5. The fraction of sp³-hybridized carbons (Fsp3) is 0.280. The van der Waals surface area contributed by atoms with E-state index in [2.05, 4.69) is 15.0 Å². The number of H-pyrrole nitrogens is 1. The lowest BCUT2D eigenvalue weighted by atomic mass is 9.91. The van der Waals surface area contributed by atoms with Crippen molar-refractivity contribution in [2.45, 2.75) is 25.9 Å². The summed E-state index contributed by atoms with van der Waals surface area (Å²) in [5, 5.41) is 0. The first-order chi connectivity index (χ1) is 15.8. The number of fused-ring (bicyclic) bond motifs is 1. The molecule has 1 fully saturated rings. The molecule has 1 aliphatic heterocycles.